The number of hydrazine groups is 1. The Labute approximate surface area is 159 Å². The Morgan fingerprint density at radius 1 is 1.11 bits per heavy atom. The van der Waals surface area contributed by atoms with Gasteiger partial charge < -0.3 is 10.1 Å². The van der Waals surface area contributed by atoms with Crippen LogP contribution < -0.4 is 16.2 Å². The van der Waals surface area contributed by atoms with Crippen molar-refractivity contribution in [1.82, 2.24) is 21.2 Å². The zero-order valence-electron chi connectivity index (χ0n) is 16.1. The third-order valence-corrected chi connectivity index (χ3v) is 3.99. The molecule has 2 amide bonds. The molecule has 0 aliphatic rings. The predicted octanol–water partition coefficient (Wildman–Crippen LogP) is 2.64. The lowest BCUT2D eigenvalue weighted by molar-refractivity contribution is -0.126. The van der Waals surface area contributed by atoms with Gasteiger partial charge in [-0.25, -0.2) is 10.2 Å². The van der Waals surface area contributed by atoms with Crippen molar-refractivity contribution in [3.05, 3.63) is 54.2 Å². The van der Waals surface area contributed by atoms with Crippen LogP contribution in [-0.4, -0.2) is 30.1 Å². The number of rotatable bonds is 6. The molecule has 7 nitrogen and oxygen atoms in total. The molecular weight excluding hydrogens is 344 g/mol. The first-order valence-corrected chi connectivity index (χ1v) is 8.69. The second-order valence-corrected chi connectivity index (χ2v) is 7.19. The first-order valence-electron chi connectivity index (χ1n) is 8.69. The smallest absolute Gasteiger partial charge is 0.407 e. The van der Waals surface area contributed by atoms with Crippen LogP contribution in [0.15, 0.2) is 48.7 Å². The highest BCUT2D eigenvalue weighted by atomic mass is 16.5. The Balaban J connectivity index is 1.90. The van der Waals surface area contributed by atoms with E-state index in [-0.39, 0.29) is 5.91 Å². The molecule has 1 aromatic carbocycles. The van der Waals surface area contributed by atoms with E-state index >= 15 is 0 Å². The first kappa shape index (κ1) is 20.4. The SMILES string of the molecule is COC(=O)N[C@@H](C(=O)NNCc1ccc(-c2ccccn2)cc1)C(C)(C)C. The third kappa shape index (κ3) is 6.07. The van der Waals surface area contributed by atoms with Gasteiger partial charge in [-0.3, -0.25) is 15.2 Å². The second-order valence-electron chi connectivity index (χ2n) is 7.19. The number of alkyl carbamates (subject to hydrolysis) is 1. The predicted molar refractivity (Wildman–Crippen MR) is 103 cm³/mol. The van der Waals surface area contributed by atoms with E-state index < -0.39 is 17.6 Å². The highest BCUT2D eigenvalue weighted by Crippen LogP contribution is 2.19. The second kappa shape index (κ2) is 9.14. The van der Waals surface area contributed by atoms with Crippen LogP contribution in [0.3, 0.4) is 0 Å². The Morgan fingerprint density at radius 2 is 1.81 bits per heavy atom. The van der Waals surface area contributed by atoms with Crippen LogP contribution in [-0.2, 0) is 16.1 Å². The average molecular weight is 370 g/mol. The largest absolute Gasteiger partial charge is 0.453 e. The molecule has 2 rings (SSSR count). The van der Waals surface area contributed by atoms with Crippen molar-refractivity contribution in [2.45, 2.75) is 33.4 Å². The Hall–Kier alpha value is -2.93. The molecule has 144 valence electrons. The number of aromatic nitrogens is 1. The minimum absolute atomic E-state index is 0.335. The Kier molecular flexibility index (Phi) is 6.90. The normalized spacial score (nSPS) is 12.1. The quantitative estimate of drug-likeness (QED) is 0.680. The van der Waals surface area contributed by atoms with Crippen LogP contribution in [0.25, 0.3) is 11.3 Å². The maximum absolute atomic E-state index is 12.4. The van der Waals surface area contributed by atoms with E-state index in [0.717, 1.165) is 16.8 Å². The molecular formula is C20H26N4O3. The zero-order valence-corrected chi connectivity index (χ0v) is 16.1. The van der Waals surface area contributed by atoms with Crippen molar-refractivity contribution in [2.75, 3.05) is 7.11 Å². The van der Waals surface area contributed by atoms with Gasteiger partial charge in [0.25, 0.3) is 5.91 Å². The number of nitrogens with zero attached hydrogens (tertiary/aromatic N) is 1. The van der Waals surface area contributed by atoms with Crippen LogP contribution in [0.5, 0.6) is 0 Å². The number of carbonyl (C=O) groups excluding carboxylic acids is 2. The molecule has 2 aromatic rings. The number of hydrogen-bond donors (Lipinski definition) is 3. The standard InChI is InChI=1S/C20H26N4O3/c1-20(2,3)17(23-19(26)27-4)18(25)24-22-13-14-8-10-15(11-9-14)16-7-5-6-12-21-16/h5-12,17,22H,13H2,1-4H3,(H,23,26)(H,24,25)/t17-/m0/s1. The number of hydrogen-bond acceptors (Lipinski definition) is 5. The van der Waals surface area contributed by atoms with E-state index in [1.54, 1.807) is 6.20 Å². The van der Waals surface area contributed by atoms with E-state index in [9.17, 15) is 9.59 Å². The fraction of sp³-hybridized carbons (Fsp3) is 0.350. The molecule has 0 spiro atoms. The molecule has 7 heteroatoms. The van der Waals surface area contributed by atoms with Gasteiger partial charge in [0.05, 0.1) is 12.8 Å². The summed E-state index contributed by atoms with van der Waals surface area (Å²) in [6, 6.07) is 13.0. The third-order valence-electron chi connectivity index (χ3n) is 3.99. The summed E-state index contributed by atoms with van der Waals surface area (Å²) in [5, 5.41) is 2.56. The number of benzene rings is 1. The summed E-state index contributed by atoms with van der Waals surface area (Å²) >= 11 is 0. The molecule has 0 aliphatic carbocycles. The number of carbonyl (C=O) groups is 2. The van der Waals surface area contributed by atoms with Gasteiger partial charge in [-0.15, -0.1) is 0 Å². The molecule has 3 N–H and O–H groups in total. The van der Waals surface area contributed by atoms with Gasteiger partial charge in [-0.1, -0.05) is 51.1 Å². The molecule has 1 aromatic heterocycles. The van der Waals surface area contributed by atoms with Gasteiger partial charge in [0.15, 0.2) is 0 Å². The number of pyridine rings is 1. The first-order chi connectivity index (χ1) is 12.8. The summed E-state index contributed by atoms with van der Waals surface area (Å²) in [4.78, 5) is 28.2. The molecule has 0 saturated heterocycles. The molecule has 0 unspecified atom stereocenters. The minimum atomic E-state index is -0.732. The number of amides is 2. The van der Waals surface area contributed by atoms with Gasteiger partial charge in [-0.05, 0) is 23.1 Å². The molecule has 1 atom stereocenters. The highest BCUT2D eigenvalue weighted by Gasteiger charge is 2.33. The van der Waals surface area contributed by atoms with Crippen molar-refractivity contribution in [2.24, 2.45) is 5.41 Å². The average Bonchev–Trinajstić information content (AvgIpc) is 2.66. The summed E-state index contributed by atoms with van der Waals surface area (Å²) in [5.41, 5.74) is 8.01. The molecule has 0 radical (unpaired) electrons. The van der Waals surface area contributed by atoms with Gasteiger partial charge in [0, 0.05) is 18.3 Å². The molecule has 27 heavy (non-hydrogen) atoms. The van der Waals surface area contributed by atoms with Crippen molar-refractivity contribution < 1.29 is 14.3 Å². The van der Waals surface area contributed by atoms with Crippen LogP contribution >= 0.6 is 0 Å². The van der Waals surface area contributed by atoms with Crippen LogP contribution in [0, 0.1) is 5.41 Å². The molecule has 0 saturated carbocycles. The van der Waals surface area contributed by atoms with E-state index in [4.69, 9.17) is 0 Å². The van der Waals surface area contributed by atoms with Crippen molar-refractivity contribution in [1.29, 1.82) is 0 Å². The summed E-state index contributed by atoms with van der Waals surface area (Å²) in [7, 11) is 1.26. The lowest BCUT2D eigenvalue weighted by Crippen LogP contribution is -2.56. The van der Waals surface area contributed by atoms with Crippen molar-refractivity contribution in [3.63, 3.8) is 0 Å². The van der Waals surface area contributed by atoms with Crippen LogP contribution in [0.4, 0.5) is 4.79 Å². The van der Waals surface area contributed by atoms with E-state index in [1.165, 1.54) is 7.11 Å². The maximum atomic E-state index is 12.4. The number of ether oxygens (including phenoxy) is 1. The molecule has 0 fully saturated rings. The zero-order chi connectivity index (χ0) is 19.9. The summed E-state index contributed by atoms with van der Waals surface area (Å²) in [6.07, 6.45) is 1.11. The number of methoxy groups -OCH3 is 1. The Bertz CT molecular complexity index is 755. The van der Waals surface area contributed by atoms with Gasteiger partial charge in [-0.2, -0.15) is 0 Å². The van der Waals surface area contributed by atoms with Gasteiger partial charge in [0.1, 0.15) is 6.04 Å². The molecule has 0 bridgehead atoms. The highest BCUT2D eigenvalue weighted by molar-refractivity contribution is 5.86. The van der Waals surface area contributed by atoms with Crippen LogP contribution in [0.2, 0.25) is 0 Å². The lowest BCUT2D eigenvalue weighted by Gasteiger charge is -2.29. The van der Waals surface area contributed by atoms with E-state index in [0.29, 0.717) is 6.54 Å². The monoisotopic (exact) mass is 370 g/mol. The van der Waals surface area contributed by atoms with Gasteiger partial charge in [0.2, 0.25) is 0 Å². The maximum Gasteiger partial charge on any atom is 0.407 e. The van der Waals surface area contributed by atoms with E-state index in [1.807, 2.05) is 63.2 Å². The fourth-order valence-corrected chi connectivity index (χ4v) is 2.48. The summed E-state index contributed by atoms with van der Waals surface area (Å²) in [5.74, 6) is -0.335. The van der Waals surface area contributed by atoms with Crippen molar-refractivity contribution in [3.8, 4) is 11.3 Å². The van der Waals surface area contributed by atoms with Crippen molar-refractivity contribution >= 4 is 12.0 Å². The molecule has 0 aliphatic heterocycles. The topological polar surface area (TPSA) is 92.3 Å². The summed E-state index contributed by atoms with van der Waals surface area (Å²) < 4.78 is 4.59. The fourth-order valence-electron chi connectivity index (χ4n) is 2.48. The molecule has 1 heterocycles. The van der Waals surface area contributed by atoms with Crippen LogP contribution in [0.1, 0.15) is 26.3 Å². The minimum Gasteiger partial charge on any atom is -0.453 e. The Morgan fingerprint density at radius 3 is 2.37 bits per heavy atom. The van der Waals surface area contributed by atoms with Gasteiger partial charge >= 0.3 is 6.09 Å². The number of nitrogens with one attached hydrogen (secondary N) is 3. The van der Waals surface area contributed by atoms with E-state index in [2.05, 4.69) is 25.9 Å². The summed E-state index contributed by atoms with van der Waals surface area (Å²) in [6.45, 7) is 6.04. The lowest BCUT2D eigenvalue weighted by atomic mass is 9.86.